The molecule has 0 heterocycles. The highest BCUT2D eigenvalue weighted by molar-refractivity contribution is 5.87. The summed E-state index contributed by atoms with van der Waals surface area (Å²) in [7, 11) is 0. The van der Waals surface area contributed by atoms with Gasteiger partial charge in [0.05, 0.1) is 0 Å². The first-order chi connectivity index (χ1) is 11.7. The molecular weight excluding hydrogens is 298 g/mol. The topological polar surface area (TPSA) is 50.2 Å². The van der Waals surface area contributed by atoms with E-state index in [0.29, 0.717) is 17.2 Å². The maximum atomic E-state index is 11.4. The van der Waals surface area contributed by atoms with Crippen LogP contribution < -0.4 is 4.74 Å². The molecule has 1 fully saturated rings. The number of unbranched alkanes of at least 4 members (excludes halogenated alkanes) is 2. The lowest BCUT2D eigenvalue weighted by Gasteiger charge is -2.29. The molecule has 0 amide bonds. The maximum Gasteiger partial charge on any atom is 0.335 e. The van der Waals surface area contributed by atoms with Crippen LogP contribution in [0.3, 0.4) is 0 Å². The van der Waals surface area contributed by atoms with E-state index in [1.807, 2.05) is 18.2 Å². The molecule has 1 aliphatic rings. The fraction of sp³-hybridized carbons (Fsp3) is 0.524. The molecule has 24 heavy (non-hydrogen) atoms. The summed E-state index contributed by atoms with van der Waals surface area (Å²) in [5.74, 6) is 1.41. The number of hydrogen-bond donors (Lipinski definition) is 1. The van der Waals surface area contributed by atoms with Gasteiger partial charge in [-0.2, -0.15) is 0 Å². The summed E-state index contributed by atoms with van der Waals surface area (Å²) >= 11 is 0. The highest BCUT2D eigenvalue weighted by Crippen LogP contribution is 2.38. The average Bonchev–Trinajstić information content (AvgIpc) is 2.62. The van der Waals surface area contributed by atoms with Crippen molar-refractivity contribution >= 4 is 12.2 Å². The van der Waals surface area contributed by atoms with E-state index in [1.165, 1.54) is 63.1 Å². The van der Waals surface area contributed by atoms with Gasteiger partial charge in [0.1, 0.15) is 5.75 Å². The predicted molar refractivity (Wildman–Crippen MR) is 99.0 cm³/mol. The highest BCUT2D eigenvalue weighted by Gasteiger charge is 2.22. The standard InChI is InChI=1S/C21H29NO2/c1-3-5-6-7-16-8-10-17(11-9-16)18-12-13-20(19(14-18)15-22)24-21(23)4-2/h4,12-17,22H,2-3,5-11H2,1H3. The van der Waals surface area contributed by atoms with Crippen LogP contribution in [0.4, 0.5) is 0 Å². The minimum Gasteiger partial charge on any atom is -0.423 e. The molecule has 3 nitrogen and oxygen atoms in total. The Morgan fingerprint density at radius 3 is 2.67 bits per heavy atom. The third-order valence-corrected chi connectivity index (χ3v) is 5.10. The van der Waals surface area contributed by atoms with Gasteiger partial charge in [-0.05, 0) is 55.2 Å². The van der Waals surface area contributed by atoms with Crippen molar-refractivity contribution in [2.45, 2.75) is 64.2 Å². The maximum absolute atomic E-state index is 11.4. The normalized spacial score (nSPS) is 20.4. The zero-order valence-corrected chi connectivity index (χ0v) is 14.7. The monoisotopic (exact) mass is 327 g/mol. The second-order valence-corrected chi connectivity index (χ2v) is 6.78. The Labute approximate surface area is 145 Å². The van der Waals surface area contributed by atoms with E-state index in [9.17, 15) is 4.79 Å². The fourth-order valence-electron chi connectivity index (χ4n) is 3.64. The van der Waals surface area contributed by atoms with Gasteiger partial charge in [-0.1, -0.05) is 45.3 Å². The molecule has 3 heteroatoms. The van der Waals surface area contributed by atoms with Crippen molar-refractivity contribution in [3.8, 4) is 5.75 Å². The van der Waals surface area contributed by atoms with Crippen LogP contribution in [-0.4, -0.2) is 12.2 Å². The van der Waals surface area contributed by atoms with E-state index in [-0.39, 0.29) is 0 Å². The summed E-state index contributed by atoms with van der Waals surface area (Å²) < 4.78 is 5.19. The third kappa shape index (κ3) is 5.05. The van der Waals surface area contributed by atoms with Crippen molar-refractivity contribution in [1.29, 1.82) is 5.41 Å². The largest absolute Gasteiger partial charge is 0.423 e. The van der Waals surface area contributed by atoms with Crippen LogP contribution in [0.15, 0.2) is 30.9 Å². The van der Waals surface area contributed by atoms with Gasteiger partial charge in [-0.15, -0.1) is 0 Å². The van der Waals surface area contributed by atoms with Crippen molar-refractivity contribution in [3.63, 3.8) is 0 Å². The van der Waals surface area contributed by atoms with Crippen molar-refractivity contribution in [2.24, 2.45) is 5.92 Å². The Balaban J connectivity index is 1.96. The molecule has 0 bridgehead atoms. The SMILES string of the molecule is C=CC(=O)Oc1ccc(C2CCC(CCCCC)CC2)cc1C=N. The van der Waals surface area contributed by atoms with Crippen LogP contribution in [0.25, 0.3) is 0 Å². The zero-order chi connectivity index (χ0) is 17.4. The van der Waals surface area contributed by atoms with E-state index in [4.69, 9.17) is 10.1 Å². The Hall–Kier alpha value is -1.90. The molecule has 2 rings (SSSR count). The number of carbonyl (C=O) groups excluding carboxylic acids is 1. The summed E-state index contributed by atoms with van der Waals surface area (Å²) in [6.45, 7) is 5.66. The predicted octanol–water partition coefficient (Wildman–Crippen LogP) is 5.63. The molecule has 1 aromatic carbocycles. The van der Waals surface area contributed by atoms with E-state index in [1.54, 1.807) is 0 Å². The molecule has 0 saturated heterocycles. The van der Waals surface area contributed by atoms with Crippen molar-refractivity contribution in [1.82, 2.24) is 0 Å². The van der Waals surface area contributed by atoms with E-state index in [2.05, 4.69) is 13.5 Å². The second-order valence-electron chi connectivity index (χ2n) is 6.78. The molecule has 1 aromatic rings. The first-order valence-electron chi connectivity index (χ1n) is 9.16. The van der Waals surface area contributed by atoms with E-state index in [0.717, 1.165) is 12.0 Å². The summed E-state index contributed by atoms with van der Waals surface area (Å²) in [6, 6.07) is 5.85. The molecule has 0 aromatic heterocycles. The lowest BCUT2D eigenvalue weighted by Crippen LogP contribution is -2.14. The van der Waals surface area contributed by atoms with Crippen LogP contribution in [0, 0.1) is 11.3 Å². The molecule has 0 aliphatic heterocycles. The van der Waals surface area contributed by atoms with Crippen LogP contribution >= 0.6 is 0 Å². The molecule has 0 atom stereocenters. The fourth-order valence-corrected chi connectivity index (χ4v) is 3.64. The Morgan fingerprint density at radius 1 is 1.29 bits per heavy atom. The lowest BCUT2D eigenvalue weighted by atomic mass is 9.77. The minimum atomic E-state index is -0.488. The quantitative estimate of drug-likeness (QED) is 0.221. The van der Waals surface area contributed by atoms with Crippen LogP contribution in [0.1, 0.15) is 75.3 Å². The van der Waals surface area contributed by atoms with Crippen molar-refractivity contribution in [3.05, 3.63) is 42.0 Å². The molecule has 0 radical (unpaired) electrons. The van der Waals surface area contributed by atoms with Gasteiger partial charge in [-0.25, -0.2) is 4.79 Å². The van der Waals surface area contributed by atoms with Crippen molar-refractivity contribution in [2.75, 3.05) is 0 Å². The summed E-state index contributed by atoms with van der Waals surface area (Å²) in [5, 5.41) is 7.58. The minimum absolute atomic E-state index is 0.437. The number of carbonyl (C=O) groups is 1. The van der Waals surface area contributed by atoms with Crippen LogP contribution in [0.5, 0.6) is 5.75 Å². The molecule has 1 N–H and O–H groups in total. The number of ether oxygens (including phenoxy) is 1. The number of nitrogens with one attached hydrogen (secondary N) is 1. The Morgan fingerprint density at radius 2 is 2.04 bits per heavy atom. The lowest BCUT2D eigenvalue weighted by molar-refractivity contribution is -0.128. The third-order valence-electron chi connectivity index (χ3n) is 5.10. The highest BCUT2D eigenvalue weighted by atomic mass is 16.5. The Bertz CT molecular complexity index is 571. The van der Waals surface area contributed by atoms with Gasteiger partial charge in [-0.3, -0.25) is 0 Å². The first kappa shape index (κ1) is 18.4. The number of hydrogen-bond acceptors (Lipinski definition) is 3. The molecule has 1 saturated carbocycles. The molecule has 0 unspecified atom stereocenters. The van der Waals surface area contributed by atoms with Crippen molar-refractivity contribution < 1.29 is 9.53 Å². The molecular formula is C21H29NO2. The zero-order valence-electron chi connectivity index (χ0n) is 14.7. The smallest absolute Gasteiger partial charge is 0.335 e. The molecule has 0 spiro atoms. The average molecular weight is 327 g/mol. The summed E-state index contributed by atoms with van der Waals surface area (Å²) in [5.41, 5.74) is 1.92. The number of rotatable bonds is 8. The number of benzene rings is 1. The van der Waals surface area contributed by atoms with Gasteiger partial charge >= 0.3 is 5.97 Å². The molecule has 130 valence electrons. The summed E-state index contributed by atoms with van der Waals surface area (Å²) in [4.78, 5) is 11.4. The Kier molecular flexibility index (Phi) is 7.23. The first-order valence-corrected chi connectivity index (χ1v) is 9.16. The van der Waals surface area contributed by atoms with E-state index >= 15 is 0 Å². The number of esters is 1. The van der Waals surface area contributed by atoms with Gasteiger partial charge in [0.2, 0.25) is 0 Å². The van der Waals surface area contributed by atoms with Gasteiger partial charge in [0.15, 0.2) is 0 Å². The van der Waals surface area contributed by atoms with Crippen LogP contribution in [0.2, 0.25) is 0 Å². The van der Waals surface area contributed by atoms with Gasteiger partial charge < -0.3 is 10.1 Å². The second kappa shape index (κ2) is 9.41. The van der Waals surface area contributed by atoms with Gasteiger partial charge in [0, 0.05) is 17.9 Å². The van der Waals surface area contributed by atoms with Crippen LogP contribution in [-0.2, 0) is 4.79 Å². The van der Waals surface area contributed by atoms with E-state index < -0.39 is 5.97 Å². The summed E-state index contributed by atoms with van der Waals surface area (Å²) in [6.07, 6.45) is 12.9. The van der Waals surface area contributed by atoms with Gasteiger partial charge in [0.25, 0.3) is 0 Å². The molecule has 1 aliphatic carbocycles.